The number of nitrogens with zero attached hydrogens (tertiary/aromatic N) is 3. The molecule has 0 unspecified atom stereocenters. The van der Waals surface area contributed by atoms with E-state index >= 15 is 0 Å². The van der Waals surface area contributed by atoms with E-state index in [0.717, 1.165) is 19.3 Å². The van der Waals surface area contributed by atoms with Crippen molar-refractivity contribution < 1.29 is 10.0 Å². The molecule has 0 atom stereocenters. The van der Waals surface area contributed by atoms with Crippen LogP contribution >= 0.6 is 0 Å². The van der Waals surface area contributed by atoms with E-state index in [9.17, 15) is 10.0 Å². The van der Waals surface area contributed by atoms with Gasteiger partial charge in [-0.25, -0.2) is 0 Å². The summed E-state index contributed by atoms with van der Waals surface area (Å²) in [5.74, 6) is 0.856. The molecule has 1 aliphatic heterocycles. The summed E-state index contributed by atoms with van der Waals surface area (Å²) in [5.41, 5.74) is -0.656. The van der Waals surface area contributed by atoms with Gasteiger partial charge in [-0.1, -0.05) is 28.2 Å². The van der Waals surface area contributed by atoms with Gasteiger partial charge in [0.05, 0.1) is 0 Å². The summed E-state index contributed by atoms with van der Waals surface area (Å²) in [7, 11) is 0. The third kappa shape index (κ3) is 6.02. The van der Waals surface area contributed by atoms with Crippen molar-refractivity contribution in [3.05, 3.63) is 0 Å². The van der Waals surface area contributed by atoms with Crippen molar-refractivity contribution in [1.29, 1.82) is 10.8 Å². The standard InChI is InChI=1S/C16H31NO2.CH4.N2/c1-14(2,3)13(18)9-8-12-10-15(4,5)17(19)16(6,7)11-12;;1-2/h12,19H,8-11H2,1-7H3;1H4;. The lowest BCUT2D eigenvalue weighted by molar-refractivity contribution is -0.251. The molecule has 1 fully saturated rings. The summed E-state index contributed by atoms with van der Waals surface area (Å²) in [6, 6.07) is 0. The quantitative estimate of drug-likeness (QED) is 0.762. The molecule has 22 heavy (non-hydrogen) atoms. The van der Waals surface area contributed by atoms with E-state index in [0.29, 0.717) is 18.1 Å². The lowest BCUT2D eigenvalue weighted by Crippen LogP contribution is -2.58. The molecule has 0 aromatic carbocycles. The molecule has 1 saturated heterocycles. The van der Waals surface area contributed by atoms with Crippen LogP contribution in [-0.4, -0.2) is 27.1 Å². The average Bonchev–Trinajstić information content (AvgIpc) is 2.33. The van der Waals surface area contributed by atoms with Crippen molar-refractivity contribution in [2.75, 3.05) is 0 Å². The predicted molar refractivity (Wildman–Crippen MR) is 88.4 cm³/mol. The largest absolute Gasteiger partial charge is 0.313 e. The molecule has 130 valence electrons. The molecule has 0 radical (unpaired) electrons. The Kier molecular flexibility index (Phi) is 8.50. The second kappa shape index (κ2) is 8.03. The second-order valence-electron chi connectivity index (χ2n) is 8.42. The van der Waals surface area contributed by atoms with Crippen molar-refractivity contribution >= 4 is 5.78 Å². The van der Waals surface area contributed by atoms with Crippen LogP contribution in [0.4, 0.5) is 0 Å². The van der Waals surface area contributed by atoms with Crippen molar-refractivity contribution in [2.24, 2.45) is 11.3 Å². The normalized spacial score (nSPS) is 21.2. The molecule has 1 rings (SSSR count). The monoisotopic (exact) mass is 313 g/mol. The molecule has 0 amide bonds. The number of carbonyl (C=O) groups is 1. The van der Waals surface area contributed by atoms with Crippen LogP contribution < -0.4 is 0 Å². The first kappa shape index (κ1) is 23.3. The minimum absolute atomic E-state index is 0. The summed E-state index contributed by atoms with van der Waals surface area (Å²) in [4.78, 5) is 12.0. The minimum Gasteiger partial charge on any atom is -0.313 e. The maximum atomic E-state index is 12.0. The van der Waals surface area contributed by atoms with E-state index in [2.05, 4.69) is 27.7 Å². The molecule has 1 aliphatic rings. The van der Waals surface area contributed by atoms with E-state index in [1.165, 1.54) is 5.06 Å². The van der Waals surface area contributed by atoms with Crippen molar-refractivity contribution in [2.45, 2.75) is 92.7 Å². The molecule has 1 N–H and O–H groups in total. The maximum absolute atomic E-state index is 12.0. The van der Waals surface area contributed by atoms with Crippen molar-refractivity contribution in [3.63, 3.8) is 0 Å². The van der Waals surface area contributed by atoms with Crippen LogP contribution in [0.2, 0.25) is 0 Å². The van der Waals surface area contributed by atoms with E-state index < -0.39 is 0 Å². The summed E-state index contributed by atoms with van der Waals surface area (Å²) < 4.78 is 0. The summed E-state index contributed by atoms with van der Waals surface area (Å²) in [5, 5.41) is 23.8. The molecular weight excluding hydrogens is 278 g/mol. The average molecular weight is 313 g/mol. The molecule has 0 aliphatic carbocycles. The van der Waals surface area contributed by atoms with Crippen LogP contribution in [0.1, 0.15) is 81.6 Å². The Bertz CT molecular complexity index is 363. The summed E-state index contributed by atoms with van der Waals surface area (Å²) in [6.45, 7) is 14.3. The van der Waals surface area contributed by atoms with Crippen LogP contribution in [0.15, 0.2) is 0 Å². The van der Waals surface area contributed by atoms with E-state index in [-0.39, 0.29) is 23.9 Å². The summed E-state index contributed by atoms with van der Waals surface area (Å²) >= 11 is 0. The zero-order valence-corrected chi connectivity index (χ0v) is 14.6. The molecule has 5 nitrogen and oxygen atoms in total. The molecule has 0 bridgehead atoms. The number of carbonyl (C=O) groups excluding carboxylic acids is 1. The fourth-order valence-corrected chi connectivity index (χ4v) is 3.39. The van der Waals surface area contributed by atoms with Crippen LogP contribution in [0.5, 0.6) is 0 Å². The maximum Gasteiger partial charge on any atom is 0.138 e. The van der Waals surface area contributed by atoms with Gasteiger partial charge in [0.25, 0.3) is 0 Å². The van der Waals surface area contributed by atoms with Gasteiger partial charge in [0.2, 0.25) is 0 Å². The minimum atomic E-state index is -0.233. The van der Waals surface area contributed by atoms with Gasteiger partial charge in [0, 0.05) is 33.7 Å². The Morgan fingerprint density at radius 1 is 1.14 bits per heavy atom. The fourth-order valence-electron chi connectivity index (χ4n) is 3.39. The summed E-state index contributed by atoms with van der Waals surface area (Å²) in [6.07, 6.45) is 3.50. The van der Waals surface area contributed by atoms with Gasteiger partial charge in [-0.05, 0) is 52.9 Å². The Hall–Kier alpha value is -0.990. The van der Waals surface area contributed by atoms with Gasteiger partial charge in [-0.15, -0.1) is 0 Å². The van der Waals surface area contributed by atoms with Crippen molar-refractivity contribution in [1.82, 2.24) is 5.06 Å². The lowest BCUT2D eigenvalue weighted by atomic mass is 9.73. The smallest absolute Gasteiger partial charge is 0.138 e. The highest BCUT2D eigenvalue weighted by Gasteiger charge is 2.44. The highest BCUT2D eigenvalue weighted by molar-refractivity contribution is 5.83. The Balaban J connectivity index is 0. The second-order valence-corrected chi connectivity index (χ2v) is 8.42. The number of ketones is 1. The van der Waals surface area contributed by atoms with Crippen LogP contribution in [-0.2, 0) is 4.79 Å². The van der Waals surface area contributed by atoms with Crippen molar-refractivity contribution in [3.8, 4) is 0 Å². The van der Waals surface area contributed by atoms with Gasteiger partial charge in [0.1, 0.15) is 5.78 Å². The van der Waals surface area contributed by atoms with Gasteiger partial charge >= 0.3 is 0 Å². The van der Waals surface area contributed by atoms with Gasteiger partial charge < -0.3 is 5.21 Å². The Morgan fingerprint density at radius 3 is 1.82 bits per heavy atom. The van der Waals surface area contributed by atoms with Crippen LogP contribution in [0, 0.1) is 22.1 Å². The zero-order valence-electron chi connectivity index (χ0n) is 14.6. The molecule has 0 saturated carbocycles. The first-order chi connectivity index (χ1) is 9.36. The van der Waals surface area contributed by atoms with Crippen LogP contribution in [0.25, 0.3) is 0 Å². The van der Waals surface area contributed by atoms with E-state index in [1.807, 2.05) is 20.8 Å². The number of hydrogen-bond acceptors (Lipinski definition) is 5. The third-order valence-electron chi connectivity index (χ3n) is 4.34. The van der Waals surface area contributed by atoms with Gasteiger partial charge in [-0.2, -0.15) is 5.06 Å². The van der Waals surface area contributed by atoms with Crippen LogP contribution in [0.3, 0.4) is 0 Å². The first-order valence-corrected chi connectivity index (χ1v) is 7.59. The van der Waals surface area contributed by atoms with Gasteiger partial charge in [-0.3, -0.25) is 4.79 Å². The van der Waals surface area contributed by atoms with E-state index in [1.54, 1.807) is 0 Å². The number of piperidine rings is 1. The Labute approximate surface area is 136 Å². The lowest BCUT2D eigenvalue weighted by Gasteiger charge is -2.51. The molecule has 0 aromatic rings. The fraction of sp³-hybridized carbons (Fsp3) is 0.941. The zero-order chi connectivity index (χ0) is 17.1. The third-order valence-corrected chi connectivity index (χ3v) is 4.34. The molecule has 1 heterocycles. The molecule has 5 heteroatoms. The van der Waals surface area contributed by atoms with E-state index in [4.69, 9.17) is 10.8 Å². The highest BCUT2D eigenvalue weighted by Crippen LogP contribution is 2.41. The Morgan fingerprint density at radius 2 is 1.50 bits per heavy atom. The number of hydrogen-bond donors (Lipinski definition) is 1. The predicted octanol–water partition coefficient (Wildman–Crippen LogP) is 4.71. The molecule has 0 spiro atoms. The first-order valence-electron chi connectivity index (χ1n) is 7.59. The highest BCUT2D eigenvalue weighted by atomic mass is 16.5. The topological polar surface area (TPSA) is 88.1 Å². The van der Waals surface area contributed by atoms with Gasteiger partial charge in [0.15, 0.2) is 0 Å². The molecule has 0 aromatic heterocycles. The SMILES string of the molecule is C.CC(C)(C)C(=O)CCC1CC(C)(C)N(O)C(C)(C)C1.N#N. The number of Topliss-reactive ketones (excluding diaryl/α,β-unsaturated/α-hetero) is 1. The number of rotatable bonds is 3. The molecular formula is C17H35N3O2. The number of hydroxylamine groups is 2.